The van der Waals surface area contributed by atoms with Crippen molar-refractivity contribution in [3.05, 3.63) is 47.3 Å². The van der Waals surface area contributed by atoms with E-state index in [0.29, 0.717) is 23.7 Å². The molecule has 3 rings (SSSR count). The molecule has 6 nitrogen and oxygen atoms in total. The molecule has 0 bridgehead atoms. The largest absolute Gasteiger partial charge is 0.358 e. The lowest BCUT2D eigenvalue weighted by molar-refractivity contribution is -0.125. The molecule has 7 heteroatoms. The Kier molecular flexibility index (Phi) is 18.4. The molecule has 1 aromatic rings. The van der Waals surface area contributed by atoms with Gasteiger partial charge in [0.05, 0.1) is 0 Å². The summed E-state index contributed by atoms with van der Waals surface area (Å²) in [4.78, 5) is 34.9. The fourth-order valence-electron chi connectivity index (χ4n) is 5.18. The molecule has 0 aromatic heterocycles. The predicted octanol–water partition coefficient (Wildman–Crippen LogP) is 8.11. The number of rotatable bonds is 11. The highest BCUT2D eigenvalue weighted by atomic mass is 35.5. The summed E-state index contributed by atoms with van der Waals surface area (Å²) in [5.74, 6) is 3.10. The summed E-state index contributed by atoms with van der Waals surface area (Å²) in [5, 5.41) is 6.60. The molecule has 1 heterocycles. The zero-order valence-corrected chi connectivity index (χ0v) is 28.1. The van der Waals surface area contributed by atoms with Gasteiger partial charge in [0.25, 0.3) is 0 Å². The van der Waals surface area contributed by atoms with Gasteiger partial charge in [0.1, 0.15) is 12.1 Å². The van der Waals surface area contributed by atoms with Crippen LogP contribution in [0.3, 0.4) is 0 Å². The second-order valence-electron chi connectivity index (χ2n) is 12.7. The Hall–Kier alpha value is -2.34. The molecule has 3 atom stereocenters. The summed E-state index contributed by atoms with van der Waals surface area (Å²) in [7, 11) is 0. The molecule has 2 aliphatic rings. The molecule has 1 saturated carbocycles. The Morgan fingerprint density at radius 2 is 1.67 bits per heavy atom. The number of likely N-dealkylation sites (tertiary alicyclic amines) is 1. The van der Waals surface area contributed by atoms with E-state index in [1.54, 1.807) is 0 Å². The topological polar surface area (TPSA) is 78.5 Å². The third-order valence-electron chi connectivity index (χ3n) is 8.49. The molecule has 2 N–H and O–H groups in total. The van der Waals surface area contributed by atoms with E-state index in [9.17, 15) is 14.4 Å². The van der Waals surface area contributed by atoms with Crippen molar-refractivity contribution >= 4 is 29.7 Å². The van der Waals surface area contributed by atoms with Crippen molar-refractivity contribution in [1.82, 2.24) is 15.5 Å². The lowest BCUT2D eigenvalue weighted by Gasteiger charge is -2.27. The van der Waals surface area contributed by atoms with E-state index in [4.69, 9.17) is 11.6 Å². The monoisotopic (exact) mass is 603 g/mol. The summed E-state index contributed by atoms with van der Waals surface area (Å²) in [5.41, 5.74) is 1.29. The lowest BCUT2D eigenvalue weighted by Crippen LogP contribution is -2.39. The van der Waals surface area contributed by atoms with Crippen LogP contribution in [0.25, 0.3) is 0 Å². The molecule has 238 valence electrons. The first kappa shape index (κ1) is 37.7. The molecule has 1 aliphatic heterocycles. The van der Waals surface area contributed by atoms with Crippen LogP contribution in [0, 0.1) is 23.7 Å². The van der Waals surface area contributed by atoms with Gasteiger partial charge in [-0.3, -0.25) is 9.59 Å². The van der Waals surface area contributed by atoms with Crippen molar-refractivity contribution in [2.45, 2.75) is 118 Å². The van der Waals surface area contributed by atoms with Crippen molar-refractivity contribution in [3.8, 4) is 0 Å². The molecule has 1 saturated heterocycles. The molecule has 0 radical (unpaired) electrons. The third-order valence-corrected chi connectivity index (χ3v) is 8.75. The SMILES string of the molecule is C=C(NC(C)=O)N1CCC(c2ccc(Cl)cc2)C1.CC1CCC(NC(=O)C(C)C)CC1.CCCCCC(C)C(C)C=O. The number of amides is 2. The minimum atomic E-state index is -0.0741. The Labute approximate surface area is 261 Å². The quantitative estimate of drug-likeness (QED) is 0.198. The van der Waals surface area contributed by atoms with E-state index in [1.807, 2.05) is 32.9 Å². The standard InChI is InChI=1S/C14H17ClN2O.C11H21NO.C10H20O/c1-10(16-11(2)18)17-8-7-13(9-17)12-3-5-14(15)6-4-12;1-8(2)11(13)12-10-6-4-9(3)5-7-10;1-4-5-6-7-9(2)10(3)8-11/h3-6,13H,1,7-9H2,2H3,(H,16,18);8-10H,4-7H2,1-3H3,(H,12,13);8-10H,4-7H2,1-3H3. The van der Waals surface area contributed by atoms with Crippen molar-refractivity contribution in [2.75, 3.05) is 13.1 Å². The summed E-state index contributed by atoms with van der Waals surface area (Å²) in [6.07, 6.45) is 12.0. The number of nitrogens with zero attached hydrogens (tertiary/aromatic N) is 1. The average molecular weight is 604 g/mol. The van der Waals surface area contributed by atoms with Crippen LogP contribution in [0.4, 0.5) is 0 Å². The van der Waals surface area contributed by atoms with Gasteiger partial charge in [-0.2, -0.15) is 0 Å². The number of halogens is 1. The smallest absolute Gasteiger partial charge is 0.222 e. The number of aldehydes is 1. The fourth-order valence-corrected chi connectivity index (χ4v) is 5.31. The number of hydrogen-bond acceptors (Lipinski definition) is 4. The minimum absolute atomic E-state index is 0.0741. The number of carbonyl (C=O) groups is 3. The molecule has 2 fully saturated rings. The normalized spacial score (nSPS) is 21.2. The minimum Gasteiger partial charge on any atom is -0.358 e. The lowest BCUT2D eigenvalue weighted by atomic mass is 9.87. The van der Waals surface area contributed by atoms with E-state index in [0.717, 1.165) is 36.7 Å². The second-order valence-corrected chi connectivity index (χ2v) is 13.1. The van der Waals surface area contributed by atoms with Gasteiger partial charge < -0.3 is 20.3 Å². The van der Waals surface area contributed by atoms with Crippen LogP contribution < -0.4 is 10.6 Å². The first-order chi connectivity index (χ1) is 19.9. The third kappa shape index (κ3) is 15.2. The predicted molar refractivity (Wildman–Crippen MR) is 176 cm³/mol. The number of unbranched alkanes of at least 4 members (excludes halogenated alkanes) is 2. The van der Waals surface area contributed by atoms with Crippen LogP contribution in [-0.2, 0) is 14.4 Å². The van der Waals surface area contributed by atoms with Crippen LogP contribution in [0.1, 0.15) is 118 Å². The van der Waals surface area contributed by atoms with Crippen LogP contribution >= 0.6 is 11.6 Å². The van der Waals surface area contributed by atoms with Crippen molar-refractivity contribution in [2.24, 2.45) is 23.7 Å². The van der Waals surface area contributed by atoms with Gasteiger partial charge in [-0.05, 0) is 61.6 Å². The molecule has 3 unspecified atom stereocenters. The van der Waals surface area contributed by atoms with Gasteiger partial charge in [0.15, 0.2) is 0 Å². The number of carbonyl (C=O) groups excluding carboxylic acids is 3. The van der Waals surface area contributed by atoms with Crippen LogP contribution in [0.5, 0.6) is 0 Å². The summed E-state index contributed by atoms with van der Waals surface area (Å²) < 4.78 is 0. The Morgan fingerprint density at radius 3 is 2.19 bits per heavy atom. The maximum absolute atomic E-state index is 11.4. The van der Waals surface area contributed by atoms with Gasteiger partial charge in [0, 0.05) is 48.8 Å². The maximum Gasteiger partial charge on any atom is 0.222 e. The molecule has 0 spiro atoms. The molecular formula is C35H58ClN3O3. The highest BCUT2D eigenvalue weighted by molar-refractivity contribution is 6.30. The van der Waals surface area contributed by atoms with Crippen LogP contribution in [0.15, 0.2) is 36.7 Å². The zero-order valence-electron chi connectivity index (χ0n) is 27.4. The molecule has 1 aliphatic carbocycles. The van der Waals surface area contributed by atoms with Gasteiger partial charge >= 0.3 is 0 Å². The van der Waals surface area contributed by atoms with E-state index < -0.39 is 0 Å². The van der Waals surface area contributed by atoms with E-state index in [1.165, 1.54) is 63.9 Å². The van der Waals surface area contributed by atoms with Crippen molar-refractivity contribution < 1.29 is 14.4 Å². The molecular weight excluding hydrogens is 546 g/mol. The first-order valence-electron chi connectivity index (χ1n) is 16.1. The summed E-state index contributed by atoms with van der Waals surface area (Å²) in [6, 6.07) is 8.42. The van der Waals surface area contributed by atoms with Gasteiger partial charge in [-0.15, -0.1) is 0 Å². The molecule has 2 amide bonds. The maximum atomic E-state index is 11.4. The summed E-state index contributed by atoms with van der Waals surface area (Å²) in [6.45, 7) is 19.8. The van der Waals surface area contributed by atoms with Gasteiger partial charge in [-0.1, -0.05) is 97.5 Å². The highest BCUT2D eigenvalue weighted by Crippen LogP contribution is 2.29. The summed E-state index contributed by atoms with van der Waals surface area (Å²) >= 11 is 5.88. The Bertz CT molecular complexity index is 941. The number of hydrogen-bond donors (Lipinski definition) is 2. The number of nitrogens with one attached hydrogen (secondary N) is 2. The second kappa shape index (κ2) is 20.5. The van der Waals surface area contributed by atoms with Crippen molar-refractivity contribution in [1.29, 1.82) is 0 Å². The highest BCUT2D eigenvalue weighted by Gasteiger charge is 2.25. The average Bonchev–Trinajstić information content (AvgIpc) is 3.45. The number of benzene rings is 1. The van der Waals surface area contributed by atoms with Crippen LogP contribution in [0.2, 0.25) is 5.02 Å². The molecule has 42 heavy (non-hydrogen) atoms. The Balaban J connectivity index is 0.000000328. The van der Waals surface area contributed by atoms with Gasteiger partial charge in [0.2, 0.25) is 11.8 Å². The molecule has 1 aromatic carbocycles. The van der Waals surface area contributed by atoms with E-state index in [2.05, 4.69) is 55.0 Å². The Morgan fingerprint density at radius 1 is 1.05 bits per heavy atom. The van der Waals surface area contributed by atoms with Crippen molar-refractivity contribution in [3.63, 3.8) is 0 Å². The first-order valence-corrected chi connectivity index (χ1v) is 16.5. The van der Waals surface area contributed by atoms with E-state index in [-0.39, 0.29) is 23.7 Å². The fraction of sp³-hybridized carbons (Fsp3) is 0.686. The van der Waals surface area contributed by atoms with Crippen LogP contribution in [-0.4, -0.2) is 42.1 Å². The zero-order chi connectivity index (χ0) is 31.7. The van der Waals surface area contributed by atoms with E-state index >= 15 is 0 Å². The van der Waals surface area contributed by atoms with Gasteiger partial charge in [-0.25, -0.2) is 0 Å².